The molecule has 124 valence electrons. The lowest BCUT2D eigenvalue weighted by Crippen LogP contribution is -2.43. The third-order valence-corrected chi connectivity index (χ3v) is 4.54. The fraction of sp³-hybridized carbons (Fsp3) is 0.333. The quantitative estimate of drug-likeness (QED) is 0.799. The molecule has 1 N–H and O–H groups in total. The zero-order valence-electron chi connectivity index (χ0n) is 14.0. The lowest BCUT2D eigenvalue weighted by atomic mass is 10.1. The SMILES string of the molecule is COc1nc2ccc(-c3ccc(N4CCNCC4)nc3)cc2n1C. The number of ether oxygens (including phenoxy) is 1. The van der Waals surface area contributed by atoms with E-state index in [9.17, 15) is 0 Å². The first-order valence-corrected chi connectivity index (χ1v) is 8.19. The molecule has 0 aliphatic carbocycles. The molecule has 0 bridgehead atoms. The molecule has 0 unspecified atom stereocenters. The molecule has 3 heterocycles. The van der Waals surface area contributed by atoms with E-state index in [0.29, 0.717) is 6.01 Å². The number of benzene rings is 1. The maximum atomic E-state index is 5.29. The average Bonchev–Trinajstić information content (AvgIpc) is 2.98. The summed E-state index contributed by atoms with van der Waals surface area (Å²) >= 11 is 0. The van der Waals surface area contributed by atoms with Crippen LogP contribution in [0.1, 0.15) is 0 Å². The second-order valence-electron chi connectivity index (χ2n) is 6.00. The fourth-order valence-corrected chi connectivity index (χ4v) is 3.17. The molecule has 3 aromatic rings. The van der Waals surface area contributed by atoms with Gasteiger partial charge in [-0.3, -0.25) is 4.57 Å². The Morgan fingerprint density at radius 1 is 1.08 bits per heavy atom. The molecular weight excluding hydrogens is 302 g/mol. The first kappa shape index (κ1) is 15.0. The molecule has 0 saturated carbocycles. The van der Waals surface area contributed by atoms with Crippen LogP contribution in [0.4, 0.5) is 5.82 Å². The Balaban J connectivity index is 1.65. The Morgan fingerprint density at radius 2 is 1.88 bits per heavy atom. The van der Waals surface area contributed by atoms with Crippen molar-refractivity contribution in [2.75, 3.05) is 38.2 Å². The van der Waals surface area contributed by atoms with Crippen molar-refractivity contribution in [3.8, 4) is 17.1 Å². The zero-order chi connectivity index (χ0) is 16.5. The molecule has 2 aromatic heterocycles. The van der Waals surface area contributed by atoms with E-state index >= 15 is 0 Å². The second-order valence-corrected chi connectivity index (χ2v) is 6.00. The van der Waals surface area contributed by atoms with E-state index in [0.717, 1.165) is 54.2 Å². The summed E-state index contributed by atoms with van der Waals surface area (Å²) in [6.07, 6.45) is 1.95. The second kappa shape index (κ2) is 6.13. The van der Waals surface area contributed by atoms with Gasteiger partial charge in [-0.05, 0) is 29.8 Å². The standard InChI is InChI=1S/C18H21N5O/c1-22-16-11-13(3-5-15(16)21-18(22)24-2)14-4-6-17(20-12-14)23-9-7-19-8-10-23/h3-6,11-12,19H,7-10H2,1-2H3. The summed E-state index contributed by atoms with van der Waals surface area (Å²) in [5.41, 5.74) is 4.22. The molecule has 1 aliphatic heterocycles. The van der Waals surface area contributed by atoms with Gasteiger partial charge in [0.25, 0.3) is 6.01 Å². The van der Waals surface area contributed by atoms with E-state index in [2.05, 4.69) is 44.5 Å². The highest BCUT2D eigenvalue weighted by molar-refractivity contribution is 5.83. The Hall–Kier alpha value is -2.60. The Labute approximate surface area is 141 Å². The molecule has 0 amide bonds. The minimum atomic E-state index is 0.620. The molecule has 1 aliphatic rings. The fourth-order valence-electron chi connectivity index (χ4n) is 3.17. The lowest BCUT2D eigenvalue weighted by Gasteiger charge is -2.28. The number of aryl methyl sites for hydroxylation is 1. The van der Waals surface area contributed by atoms with E-state index in [4.69, 9.17) is 4.74 Å². The van der Waals surface area contributed by atoms with Gasteiger partial charge in [0.05, 0.1) is 18.1 Å². The van der Waals surface area contributed by atoms with Crippen LogP contribution in [0.15, 0.2) is 36.5 Å². The Kier molecular flexibility index (Phi) is 3.82. The van der Waals surface area contributed by atoms with Crippen LogP contribution in [-0.4, -0.2) is 47.8 Å². The molecule has 1 saturated heterocycles. The summed E-state index contributed by atoms with van der Waals surface area (Å²) in [6.45, 7) is 4.05. The van der Waals surface area contributed by atoms with Gasteiger partial charge in [-0.2, -0.15) is 4.98 Å². The van der Waals surface area contributed by atoms with E-state index in [-0.39, 0.29) is 0 Å². The molecule has 0 radical (unpaired) electrons. The van der Waals surface area contributed by atoms with Gasteiger partial charge in [0.2, 0.25) is 0 Å². The summed E-state index contributed by atoms with van der Waals surface area (Å²) in [5.74, 6) is 1.04. The van der Waals surface area contributed by atoms with Gasteiger partial charge in [-0.15, -0.1) is 0 Å². The summed E-state index contributed by atoms with van der Waals surface area (Å²) in [4.78, 5) is 11.4. The van der Waals surface area contributed by atoms with Gasteiger partial charge >= 0.3 is 0 Å². The van der Waals surface area contributed by atoms with Crippen molar-refractivity contribution < 1.29 is 4.74 Å². The Morgan fingerprint density at radius 3 is 2.58 bits per heavy atom. The number of pyridine rings is 1. The topological polar surface area (TPSA) is 55.2 Å². The number of fused-ring (bicyclic) bond motifs is 1. The third kappa shape index (κ3) is 2.59. The number of anilines is 1. The van der Waals surface area contributed by atoms with Crippen LogP contribution in [0.5, 0.6) is 6.01 Å². The molecule has 0 atom stereocenters. The van der Waals surface area contributed by atoms with E-state index in [1.807, 2.05) is 23.9 Å². The molecule has 1 aromatic carbocycles. The normalized spacial score (nSPS) is 15.0. The van der Waals surface area contributed by atoms with Crippen LogP contribution in [-0.2, 0) is 7.05 Å². The van der Waals surface area contributed by atoms with Gasteiger partial charge in [-0.25, -0.2) is 4.98 Å². The first-order chi connectivity index (χ1) is 11.8. The number of aromatic nitrogens is 3. The molecule has 24 heavy (non-hydrogen) atoms. The van der Waals surface area contributed by atoms with Crippen molar-refractivity contribution in [1.29, 1.82) is 0 Å². The number of imidazole rings is 1. The maximum absolute atomic E-state index is 5.29. The number of methoxy groups -OCH3 is 1. The van der Waals surface area contributed by atoms with Crippen LogP contribution in [0.2, 0.25) is 0 Å². The summed E-state index contributed by atoms with van der Waals surface area (Å²) in [7, 11) is 3.60. The predicted molar refractivity (Wildman–Crippen MR) is 95.6 cm³/mol. The third-order valence-electron chi connectivity index (χ3n) is 4.54. The number of nitrogens with one attached hydrogen (secondary N) is 1. The van der Waals surface area contributed by atoms with Crippen LogP contribution >= 0.6 is 0 Å². The minimum absolute atomic E-state index is 0.620. The van der Waals surface area contributed by atoms with E-state index in [1.54, 1.807) is 7.11 Å². The van der Waals surface area contributed by atoms with Crippen molar-refractivity contribution in [3.05, 3.63) is 36.5 Å². The minimum Gasteiger partial charge on any atom is -0.468 e. The van der Waals surface area contributed by atoms with Gasteiger partial charge in [0.1, 0.15) is 5.82 Å². The first-order valence-electron chi connectivity index (χ1n) is 8.19. The van der Waals surface area contributed by atoms with E-state index in [1.165, 1.54) is 0 Å². The van der Waals surface area contributed by atoms with Crippen LogP contribution in [0.25, 0.3) is 22.2 Å². The molecular formula is C18H21N5O. The highest BCUT2D eigenvalue weighted by Crippen LogP contribution is 2.27. The zero-order valence-corrected chi connectivity index (χ0v) is 14.0. The largest absolute Gasteiger partial charge is 0.468 e. The molecule has 0 spiro atoms. The number of rotatable bonds is 3. The molecule has 6 nitrogen and oxygen atoms in total. The smallest absolute Gasteiger partial charge is 0.296 e. The summed E-state index contributed by atoms with van der Waals surface area (Å²) < 4.78 is 7.25. The number of hydrogen-bond donors (Lipinski definition) is 1. The van der Waals surface area contributed by atoms with Crippen molar-refractivity contribution in [3.63, 3.8) is 0 Å². The average molecular weight is 323 g/mol. The summed E-state index contributed by atoms with van der Waals surface area (Å²) in [5, 5.41) is 3.36. The van der Waals surface area contributed by atoms with Gasteiger partial charge in [-0.1, -0.05) is 6.07 Å². The van der Waals surface area contributed by atoms with Gasteiger partial charge in [0, 0.05) is 45.0 Å². The molecule has 4 rings (SSSR count). The number of nitrogens with zero attached hydrogens (tertiary/aromatic N) is 4. The van der Waals surface area contributed by atoms with Crippen LogP contribution < -0.4 is 15.0 Å². The van der Waals surface area contributed by atoms with Crippen LogP contribution in [0, 0.1) is 0 Å². The van der Waals surface area contributed by atoms with Gasteiger partial charge < -0.3 is 15.0 Å². The highest BCUT2D eigenvalue weighted by Gasteiger charge is 2.12. The van der Waals surface area contributed by atoms with Gasteiger partial charge in [0.15, 0.2) is 0 Å². The predicted octanol–water partition coefficient (Wildman–Crippen LogP) is 2.05. The maximum Gasteiger partial charge on any atom is 0.296 e. The summed E-state index contributed by atoms with van der Waals surface area (Å²) in [6, 6.07) is 11.1. The lowest BCUT2D eigenvalue weighted by molar-refractivity contribution is 0.368. The van der Waals surface area contributed by atoms with E-state index < -0.39 is 0 Å². The Bertz CT molecular complexity index is 850. The van der Waals surface area contributed by atoms with Crippen molar-refractivity contribution in [1.82, 2.24) is 19.9 Å². The monoisotopic (exact) mass is 323 g/mol. The molecule has 1 fully saturated rings. The van der Waals surface area contributed by atoms with Crippen LogP contribution in [0.3, 0.4) is 0 Å². The van der Waals surface area contributed by atoms with Crippen molar-refractivity contribution >= 4 is 16.9 Å². The number of hydrogen-bond acceptors (Lipinski definition) is 5. The van der Waals surface area contributed by atoms with Crippen molar-refractivity contribution in [2.45, 2.75) is 0 Å². The van der Waals surface area contributed by atoms with Crippen molar-refractivity contribution in [2.24, 2.45) is 7.05 Å². The molecule has 6 heteroatoms. The number of piperazine rings is 1. The highest BCUT2D eigenvalue weighted by atomic mass is 16.5.